The summed E-state index contributed by atoms with van der Waals surface area (Å²) < 4.78 is 9.98. The summed E-state index contributed by atoms with van der Waals surface area (Å²) in [6, 6.07) is 8.06. The number of carboxylic acids is 1. The van der Waals surface area contributed by atoms with E-state index in [-0.39, 0.29) is 23.5 Å². The average molecular weight is 417 g/mol. The molecule has 0 saturated carbocycles. The Bertz CT molecular complexity index is 1130. The molecule has 1 atom stereocenters. The van der Waals surface area contributed by atoms with Crippen LogP contribution >= 0.6 is 0 Å². The van der Waals surface area contributed by atoms with Gasteiger partial charge in [-0.3, -0.25) is 0 Å². The van der Waals surface area contributed by atoms with E-state index in [0.717, 1.165) is 23.3 Å². The first-order valence-corrected chi connectivity index (χ1v) is 8.43. The molecule has 0 bridgehead atoms. The summed E-state index contributed by atoms with van der Waals surface area (Å²) >= 11 is 0. The minimum absolute atomic E-state index is 0.00769. The maximum Gasteiger partial charge on any atom is 0.363 e. The number of aromatic nitrogens is 4. The molecule has 0 aliphatic carbocycles. The van der Waals surface area contributed by atoms with Crippen molar-refractivity contribution >= 4 is 23.7 Å². The number of carbonyl (C=O) groups is 3. The highest BCUT2D eigenvalue weighted by molar-refractivity contribution is 5.92. The van der Waals surface area contributed by atoms with Crippen molar-refractivity contribution in [3.63, 3.8) is 0 Å². The zero-order valence-electron chi connectivity index (χ0n) is 16.3. The minimum atomic E-state index is -1.34. The standard InChI is InChI=1S/C10H13NO2.C8H6N4O5/c1-7(11)8-3-5-9(6-4-8)10(12)13-2;1-17-6(15)4-2-3(5(13)14)9-7-10-8(16)11-12(4)7/h3-7H,11H2,1-2H3;2H,1H3,(H,11,16)(H,13,14)/t7-;/m0./s1. The van der Waals surface area contributed by atoms with E-state index in [4.69, 9.17) is 10.8 Å². The Kier molecular flexibility index (Phi) is 6.99. The second kappa shape index (κ2) is 9.43. The molecule has 1 aromatic carbocycles. The summed E-state index contributed by atoms with van der Waals surface area (Å²) in [5.74, 6) is -2.69. The predicted molar refractivity (Wildman–Crippen MR) is 102 cm³/mol. The first-order valence-electron chi connectivity index (χ1n) is 8.43. The van der Waals surface area contributed by atoms with Crippen molar-refractivity contribution < 1.29 is 29.0 Å². The minimum Gasteiger partial charge on any atom is -0.477 e. The first-order chi connectivity index (χ1) is 14.2. The number of H-pyrrole nitrogens is 1. The highest BCUT2D eigenvalue weighted by Gasteiger charge is 2.18. The van der Waals surface area contributed by atoms with Gasteiger partial charge in [0, 0.05) is 12.1 Å². The van der Waals surface area contributed by atoms with Gasteiger partial charge in [-0.25, -0.2) is 33.8 Å². The molecule has 3 aromatic rings. The van der Waals surface area contributed by atoms with Crippen molar-refractivity contribution in [1.29, 1.82) is 0 Å². The van der Waals surface area contributed by atoms with Gasteiger partial charge in [-0.15, -0.1) is 0 Å². The number of nitrogens with two attached hydrogens (primary N) is 1. The van der Waals surface area contributed by atoms with Crippen molar-refractivity contribution in [3.8, 4) is 0 Å². The van der Waals surface area contributed by atoms with Crippen molar-refractivity contribution in [3.05, 3.63) is 63.3 Å². The fraction of sp³-hybridized carbons (Fsp3) is 0.222. The smallest absolute Gasteiger partial charge is 0.363 e. The van der Waals surface area contributed by atoms with Crippen LogP contribution in [0.3, 0.4) is 0 Å². The van der Waals surface area contributed by atoms with Crippen LogP contribution in [0.1, 0.15) is 49.9 Å². The van der Waals surface area contributed by atoms with Crippen LogP contribution < -0.4 is 11.4 Å². The normalized spacial score (nSPS) is 11.2. The van der Waals surface area contributed by atoms with Crippen LogP contribution in [0, 0.1) is 0 Å². The second-order valence-corrected chi connectivity index (χ2v) is 5.89. The summed E-state index contributed by atoms with van der Waals surface area (Å²) in [6.45, 7) is 1.90. The highest BCUT2D eigenvalue weighted by Crippen LogP contribution is 2.11. The number of esters is 2. The van der Waals surface area contributed by atoms with Crippen LogP contribution in [0.5, 0.6) is 0 Å². The predicted octanol–water partition coefficient (Wildman–Crippen LogP) is 0.395. The largest absolute Gasteiger partial charge is 0.477 e. The van der Waals surface area contributed by atoms with Crippen molar-refractivity contribution in [2.45, 2.75) is 13.0 Å². The number of nitrogens with zero attached hydrogens (tertiary/aromatic N) is 3. The number of benzene rings is 1. The summed E-state index contributed by atoms with van der Waals surface area (Å²) in [5.41, 5.74) is 5.88. The third kappa shape index (κ3) is 5.05. The molecular formula is C18H19N5O7. The van der Waals surface area contributed by atoms with Crippen LogP contribution in [-0.2, 0) is 9.47 Å². The van der Waals surface area contributed by atoms with E-state index in [2.05, 4.69) is 24.5 Å². The van der Waals surface area contributed by atoms with Crippen molar-refractivity contribution in [1.82, 2.24) is 19.6 Å². The lowest BCUT2D eigenvalue weighted by atomic mass is 10.1. The zero-order chi connectivity index (χ0) is 22.4. The molecule has 158 valence electrons. The number of nitrogens with one attached hydrogen (secondary N) is 1. The molecule has 0 fully saturated rings. The Morgan fingerprint density at radius 1 is 1.10 bits per heavy atom. The summed E-state index contributed by atoms with van der Waals surface area (Å²) in [4.78, 5) is 51.2. The van der Waals surface area contributed by atoms with E-state index in [1.165, 1.54) is 7.11 Å². The van der Waals surface area contributed by atoms with E-state index in [1.54, 1.807) is 12.1 Å². The number of hydrogen-bond donors (Lipinski definition) is 3. The third-order valence-corrected chi connectivity index (χ3v) is 3.82. The van der Waals surface area contributed by atoms with Gasteiger partial charge < -0.3 is 20.3 Å². The highest BCUT2D eigenvalue weighted by atomic mass is 16.5. The number of ether oxygens (including phenoxy) is 2. The molecule has 0 saturated heterocycles. The van der Waals surface area contributed by atoms with Gasteiger partial charge in [-0.05, 0) is 24.6 Å². The fourth-order valence-electron chi connectivity index (χ4n) is 2.29. The van der Waals surface area contributed by atoms with Gasteiger partial charge >= 0.3 is 23.6 Å². The van der Waals surface area contributed by atoms with Crippen molar-refractivity contribution in [2.75, 3.05) is 14.2 Å². The van der Waals surface area contributed by atoms with E-state index in [0.29, 0.717) is 5.56 Å². The van der Waals surface area contributed by atoms with Crippen LogP contribution in [0.2, 0.25) is 0 Å². The lowest BCUT2D eigenvalue weighted by Gasteiger charge is -2.05. The number of aromatic carboxylic acids is 1. The number of methoxy groups -OCH3 is 2. The van der Waals surface area contributed by atoms with Gasteiger partial charge in [0.25, 0.3) is 5.78 Å². The molecule has 0 unspecified atom stereocenters. The van der Waals surface area contributed by atoms with Gasteiger partial charge in [-0.2, -0.15) is 4.98 Å². The maximum atomic E-state index is 11.4. The van der Waals surface area contributed by atoms with Gasteiger partial charge in [0.15, 0.2) is 11.4 Å². The Hall–Kier alpha value is -4.06. The number of fused-ring (bicyclic) bond motifs is 1. The average Bonchev–Trinajstić information content (AvgIpc) is 3.12. The van der Waals surface area contributed by atoms with Crippen LogP contribution in [0.25, 0.3) is 5.78 Å². The van der Waals surface area contributed by atoms with Crippen molar-refractivity contribution in [2.24, 2.45) is 5.73 Å². The van der Waals surface area contributed by atoms with E-state index in [1.807, 2.05) is 19.1 Å². The molecule has 4 N–H and O–H groups in total. The molecule has 12 heteroatoms. The summed E-state index contributed by atoms with van der Waals surface area (Å²) in [7, 11) is 2.49. The molecule has 30 heavy (non-hydrogen) atoms. The van der Waals surface area contributed by atoms with E-state index >= 15 is 0 Å². The van der Waals surface area contributed by atoms with Gasteiger partial charge in [0.2, 0.25) is 0 Å². The lowest BCUT2D eigenvalue weighted by molar-refractivity contribution is 0.0585. The third-order valence-electron chi connectivity index (χ3n) is 3.82. The zero-order valence-corrected chi connectivity index (χ0v) is 16.3. The number of hydrogen-bond acceptors (Lipinski definition) is 9. The molecule has 0 spiro atoms. The van der Waals surface area contributed by atoms with Crippen LogP contribution in [0.4, 0.5) is 0 Å². The molecule has 0 aliphatic rings. The molecule has 0 aliphatic heterocycles. The molecule has 2 aromatic heterocycles. The Morgan fingerprint density at radius 3 is 2.20 bits per heavy atom. The number of carbonyl (C=O) groups excluding carboxylic acids is 2. The Morgan fingerprint density at radius 2 is 1.70 bits per heavy atom. The molecule has 12 nitrogen and oxygen atoms in total. The fourth-order valence-corrected chi connectivity index (χ4v) is 2.29. The molecule has 3 rings (SSSR count). The Labute approximate surface area is 169 Å². The van der Waals surface area contributed by atoms with Gasteiger partial charge in [0.1, 0.15) is 0 Å². The van der Waals surface area contributed by atoms with Gasteiger partial charge in [-0.1, -0.05) is 12.1 Å². The van der Waals surface area contributed by atoms with Crippen LogP contribution in [-0.4, -0.2) is 56.8 Å². The second-order valence-electron chi connectivity index (χ2n) is 5.89. The summed E-state index contributed by atoms with van der Waals surface area (Å²) in [6.07, 6.45) is 0. The first kappa shape index (κ1) is 22.2. The number of rotatable bonds is 4. The summed E-state index contributed by atoms with van der Waals surface area (Å²) in [5, 5.41) is 11.0. The SMILES string of the molecule is COC(=O)c1cc(C(=O)O)nc2nc(=O)[nH]n12.COC(=O)c1ccc([C@H](C)N)cc1. The number of carboxylic acid groups (broad SMARTS) is 1. The van der Waals surface area contributed by atoms with Gasteiger partial charge in [0.05, 0.1) is 19.8 Å². The van der Waals surface area contributed by atoms with E-state index in [9.17, 15) is 19.2 Å². The molecule has 0 radical (unpaired) electrons. The Balaban J connectivity index is 0.000000222. The van der Waals surface area contributed by atoms with Crippen LogP contribution in [0.15, 0.2) is 35.1 Å². The maximum absolute atomic E-state index is 11.4. The monoisotopic (exact) mass is 417 g/mol. The number of aromatic amines is 1. The quantitative estimate of drug-likeness (QED) is 0.503. The lowest BCUT2D eigenvalue weighted by Crippen LogP contribution is -2.14. The molecule has 0 amide bonds. The topological polar surface area (TPSA) is 179 Å². The molecular weight excluding hydrogens is 398 g/mol. The van der Waals surface area contributed by atoms with E-state index < -0.39 is 23.3 Å². The molecule has 2 heterocycles.